The van der Waals surface area contributed by atoms with E-state index in [0.29, 0.717) is 6.42 Å². The zero-order valence-electron chi connectivity index (χ0n) is 13.0. The first-order valence-electron chi connectivity index (χ1n) is 7.46. The topological polar surface area (TPSA) is 65.7 Å². The second-order valence-corrected chi connectivity index (χ2v) is 5.64. The summed E-state index contributed by atoms with van der Waals surface area (Å²) in [5, 5.41) is 0. The molecule has 1 aliphatic heterocycles. The predicted molar refractivity (Wildman–Crippen MR) is 85.2 cm³/mol. The number of amides is 1. The number of nitrogen functional groups attached to an aromatic ring is 1. The number of pyridine rings is 1. The van der Waals surface area contributed by atoms with Gasteiger partial charge in [-0.25, -0.2) is 4.98 Å². The van der Waals surface area contributed by atoms with Crippen molar-refractivity contribution in [1.82, 2.24) is 14.8 Å². The largest absolute Gasteiger partial charge is 0.396 e. The number of nitrogens with two attached hydrogens (primary N) is 1. The van der Waals surface area contributed by atoms with Crippen molar-refractivity contribution < 1.29 is 4.79 Å². The van der Waals surface area contributed by atoms with Crippen LogP contribution < -0.4 is 10.6 Å². The van der Waals surface area contributed by atoms with Crippen LogP contribution in [0.2, 0.25) is 0 Å². The number of carbonyl (C=O) groups is 1. The first-order valence-corrected chi connectivity index (χ1v) is 7.46. The van der Waals surface area contributed by atoms with E-state index in [1.165, 1.54) is 0 Å². The van der Waals surface area contributed by atoms with Gasteiger partial charge in [-0.05, 0) is 25.1 Å². The fourth-order valence-corrected chi connectivity index (χ4v) is 2.53. The Morgan fingerprint density at radius 3 is 2.67 bits per heavy atom. The van der Waals surface area contributed by atoms with E-state index in [1.54, 1.807) is 25.2 Å². The molecule has 6 nitrogen and oxygen atoms in total. The summed E-state index contributed by atoms with van der Waals surface area (Å²) in [4.78, 5) is 22.2. The standard InChI is InChI=1S/C15H25N5O/c1-18(2)14(21)6-4-8-19-9-11-20(12-10-19)15-13(16)5-3-7-17-15/h3,5,7H,4,6,8-12,16H2,1-2H3. The van der Waals surface area contributed by atoms with Crippen molar-refractivity contribution in [3.8, 4) is 0 Å². The Labute approximate surface area is 126 Å². The van der Waals surface area contributed by atoms with Crippen LogP contribution in [0.1, 0.15) is 12.8 Å². The Bertz CT molecular complexity index is 469. The van der Waals surface area contributed by atoms with E-state index in [1.807, 2.05) is 12.1 Å². The minimum Gasteiger partial charge on any atom is -0.396 e. The normalized spacial score (nSPS) is 16.0. The van der Waals surface area contributed by atoms with E-state index in [9.17, 15) is 4.79 Å². The van der Waals surface area contributed by atoms with Gasteiger partial charge in [-0.2, -0.15) is 0 Å². The van der Waals surface area contributed by atoms with E-state index in [4.69, 9.17) is 5.73 Å². The molecule has 0 radical (unpaired) electrons. The number of rotatable bonds is 5. The Morgan fingerprint density at radius 2 is 2.05 bits per heavy atom. The van der Waals surface area contributed by atoms with Crippen LogP contribution in [0.5, 0.6) is 0 Å². The van der Waals surface area contributed by atoms with Gasteiger partial charge < -0.3 is 15.5 Å². The maximum absolute atomic E-state index is 11.5. The number of anilines is 2. The zero-order chi connectivity index (χ0) is 15.2. The van der Waals surface area contributed by atoms with E-state index in [2.05, 4.69) is 14.8 Å². The molecule has 0 unspecified atom stereocenters. The predicted octanol–water partition coefficient (Wildman–Crippen LogP) is 0.654. The molecule has 21 heavy (non-hydrogen) atoms. The molecule has 6 heteroatoms. The SMILES string of the molecule is CN(C)C(=O)CCCN1CCN(c2ncccc2N)CC1. The second-order valence-electron chi connectivity index (χ2n) is 5.64. The Morgan fingerprint density at radius 1 is 1.33 bits per heavy atom. The quantitative estimate of drug-likeness (QED) is 0.863. The minimum absolute atomic E-state index is 0.204. The smallest absolute Gasteiger partial charge is 0.222 e. The number of carbonyl (C=O) groups excluding carboxylic acids is 1. The molecule has 0 bridgehead atoms. The minimum atomic E-state index is 0.204. The maximum atomic E-state index is 11.5. The lowest BCUT2D eigenvalue weighted by molar-refractivity contribution is -0.128. The third-order valence-corrected chi connectivity index (χ3v) is 3.85. The summed E-state index contributed by atoms with van der Waals surface area (Å²) in [6.07, 6.45) is 3.33. The van der Waals surface area contributed by atoms with Crippen molar-refractivity contribution in [2.45, 2.75) is 12.8 Å². The summed E-state index contributed by atoms with van der Waals surface area (Å²) < 4.78 is 0. The molecule has 1 saturated heterocycles. The molecule has 1 aliphatic rings. The van der Waals surface area contributed by atoms with Crippen LogP contribution in [-0.4, -0.2) is 67.5 Å². The van der Waals surface area contributed by atoms with Crippen molar-refractivity contribution in [3.05, 3.63) is 18.3 Å². The molecule has 0 aliphatic carbocycles. The van der Waals surface area contributed by atoms with Crippen molar-refractivity contribution >= 4 is 17.4 Å². The van der Waals surface area contributed by atoms with Crippen LogP contribution in [0.25, 0.3) is 0 Å². The van der Waals surface area contributed by atoms with Crippen LogP contribution in [0.4, 0.5) is 11.5 Å². The Kier molecular flexibility index (Phi) is 5.38. The molecule has 2 heterocycles. The van der Waals surface area contributed by atoms with Gasteiger partial charge in [0.15, 0.2) is 5.82 Å². The first kappa shape index (κ1) is 15.6. The highest BCUT2D eigenvalue weighted by molar-refractivity contribution is 5.75. The van der Waals surface area contributed by atoms with Crippen molar-refractivity contribution in [2.24, 2.45) is 0 Å². The van der Waals surface area contributed by atoms with Crippen LogP contribution in [0.15, 0.2) is 18.3 Å². The molecule has 0 atom stereocenters. The molecule has 1 aromatic rings. The average molecular weight is 291 g/mol. The molecule has 116 valence electrons. The number of piperazine rings is 1. The Hall–Kier alpha value is -1.82. The van der Waals surface area contributed by atoms with Crippen LogP contribution in [0.3, 0.4) is 0 Å². The summed E-state index contributed by atoms with van der Waals surface area (Å²) in [5.74, 6) is 1.09. The summed E-state index contributed by atoms with van der Waals surface area (Å²) in [7, 11) is 3.61. The van der Waals surface area contributed by atoms with Crippen LogP contribution in [-0.2, 0) is 4.79 Å². The van der Waals surface area contributed by atoms with Crippen molar-refractivity contribution in [3.63, 3.8) is 0 Å². The lowest BCUT2D eigenvalue weighted by atomic mass is 10.2. The van der Waals surface area contributed by atoms with Crippen LogP contribution >= 0.6 is 0 Å². The summed E-state index contributed by atoms with van der Waals surface area (Å²) >= 11 is 0. The van der Waals surface area contributed by atoms with Gasteiger partial charge in [-0.3, -0.25) is 9.69 Å². The van der Waals surface area contributed by atoms with E-state index >= 15 is 0 Å². The van der Waals surface area contributed by atoms with Crippen molar-refractivity contribution in [2.75, 3.05) is 57.5 Å². The first-order chi connectivity index (χ1) is 10.1. The molecular weight excluding hydrogens is 266 g/mol. The Balaban J connectivity index is 1.74. The zero-order valence-corrected chi connectivity index (χ0v) is 13.0. The van der Waals surface area contributed by atoms with Crippen LogP contribution in [0, 0.1) is 0 Å². The molecule has 0 aromatic carbocycles. The van der Waals surface area contributed by atoms with Gasteiger partial charge in [0.1, 0.15) is 0 Å². The van der Waals surface area contributed by atoms with E-state index in [-0.39, 0.29) is 5.91 Å². The van der Waals surface area contributed by atoms with Gasteiger partial charge in [0.2, 0.25) is 5.91 Å². The number of hydrogen-bond acceptors (Lipinski definition) is 5. The molecule has 1 amide bonds. The van der Waals surface area contributed by atoms with Gasteiger partial charge >= 0.3 is 0 Å². The van der Waals surface area contributed by atoms with Crippen molar-refractivity contribution in [1.29, 1.82) is 0 Å². The summed E-state index contributed by atoms with van der Waals surface area (Å²) in [5.41, 5.74) is 6.71. The second kappa shape index (κ2) is 7.26. The number of hydrogen-bond donors (Lipinski definition) is 1. The highest BCUT2D eigenvalue weighted by Gasteiger charge is 2.19. The fraction of sp³-hybridized carbons (Fsp3) is 0.600. The molecule has 2 rings (SSSR count). The van der Waals surface area contributed by atoms with Gasteiger partial charge in [0, 0.05) is 52.9 Å². The molecule has 0 saturated carbocycles. The monoisotopic (exact) mass is 291 g/mol. The highest BCUT2D eigenvalue weighted by Crippen LogP contribution is 2.20. The van der Waals surface area contributed by atoms with E-state index in [0.717, 1.165) is 50.6 Å². The van der Waals surface area contributed by atoms with Gasteiger partial charge in [-0.1, -0.05) is 0 Å². The lowest BCUT2D eigenvalue weighted by Gasteiger charge is -2.35. The molecule has 1 aromatic heterocycles. The highest BCUT2D eigenvalue weighted by atomic mass is 16.2. The third-order valence-electron chi connectivity index (χ3n) is 3.85. The fourth-order valence-electron chi connectivity index (χ4n) is 2.53. The van der Waals surface area contributed by atoms with Gasteiger partial charge in [0.25, 0.3) is 0 Å². The third kappa shape index (κ3) is 4.32. The summed E-state index contributed by atoms with van der Waals surface area (Å²) in [6.45, 7) is 4.83. The molecule has 1 fully saturated rings. The molecule has 0 spiro atoms. The molecule has 2 N–H and O–H groups in total. The van der Waals surface area contributed by atoms with Gasteiger partial charge in [0.05, 0.1) is 5.69 Å². The molecular formula is C15H25N5O. The van der Waals surface area contributed by atoms with Gasteiger partial charge in [-0.15, -0.1) is 0 Å². The average Bonchev–Trinajstić information content (AvgIpc) is 2.48. The maximum Gasteiger partial charge on any atom is 0.222 e. The lowest BCUT2D eigenvalue weighted by Crippen LogP contribution is -2.47. The summed E-state index contributed by atoms with van der Waals surface area (Å²) in [6, 6.07) is 3.75. The van der Waals surface area contributed by atoms with E-state index < -0.39 is 0 Å². The number of aromatic nitrogens is 1. The number of nitrogens with zero attached hydrogens (tertiary/aromatic N) is 4.